The molecule has 0 aromatic rings. The van der Waals surface area contributed by atoms with E-state index in [9.17, 15) is 19.8 Å². The lowest BCUT2D eigenvalue weighted by atomic mass is 9.74. The van der Waals surface area contributed by atoms with Gasteiger partial charge in [0.2, 0.25) is 0 Å². The second-order valence-corrected chi connectivity index (χ2v) is 8.34. The van der Waals surface area contributed by atoms with Gasteiger partial charge in [-0.3, -0.25) is 9.59 Å². The molecule has 25 heavy (non-hydrogen) atoms. The van der Waals surface area contributed by atoms with Gasteiger partial charge in [0.1, 0.15) is 5.78 Å². The lowest BCUT2D eigenvalue weighted by Crippen LogP contribution is -2.44. The van der Waals surface area contributed by atoms with Gasteiger partial charge in [0.25, 0.3) is 0 Å². The van der Waals surface area contributed by atoms with Crippen LogP contribution in [0, 0.1) is 11.3 Å². The highest BCUT2D eigenvalue weighted by atomic mass is 16.6. The van der Waals surface area contributed by atoms with Crippen molar-refractivity contribution in [2.75, 3.05) is 6.61 Å². The number of epoxide rings is 1. The molecule has 0 radical (unpaired) electrons. The van der Waals surface area contributed by atoms with Gasteiger partial charge in [-0.15, -0.1) is 0 Å². The summed E-state index contributed by atoms with van der Waals surface area (Å²) in [5.74, 6) is -1.34. The minimum Gasteiger partial charge on any atom is -0.465 e. The third-order valence-corrected chi connectivity index (χ3v) is 5.92. The Morgan fingerprint density at radius 3 is 2.44 bits per heavy atom. The molecule has 2 aliphatic heterocycles. The topological polar surface area (TPSA) is 96.4 Å². The van der Waals surface area contributed by atoms with Gasteiger partial charge in [0, 0.05) is 12.3 Å². The van der Waals surface area contributed by atoms with E-state index in [1.165, 1.54) is 0 Å². The molecule has 2 rings (SSSR count). The monoisotopic (exact) mass is 356 g/mol. The first kappa shape index (κ1) is 20.3. The van der Waals surface area contributed by atoms with E-state index in [-0.39, 0.29) is 30.5 Å². The van der Waals surface area contributed by atoms with Crippen LogP contribution in [0.15, 0.2) is 0 Å². The maximum absolute atomic E-state index is 12.7. The maximum Gasteiger partial charge on any atom is 0.308 e. The van der Waals surface area contributed by atoms with Crippen molar-refractivity contribution in [1.82, 2.24) is 0 Å². The van der Waals surface area contributed by atoms with Crippen molar-refractivity contribution in [2.45, 2.75) is 90.1 Å². The Morgan fingerprint density at radius 2 is 1.76 bits per heavy atom. The molecule has 5 atom stereocenters. The summed E-state index contributed by atoms with van der Waals surface area (Å²) in [6.07, 6.45) is 1.79. The maximum atomic E-state index is 12.7. The lowest BCUT2D eigenvalue weighted by Gasteiger charge is -2.32. The van der Waals surface area contributed by atoms with E-state index in [4.69, 9.17) is 9.47 Å². The van der Waals surface area contributed by atoms with Crippen LogP contribution in [0.4, 0.5) is 0 Å². The van der Waals surface area contributed by atoms with E-state index in [1.807, 2.05) is 0 Å². The van der Waals surface area contributed by atoms with Gasteiger partial charge in [0.15, 0.2) is 0 Å². The summed E-state index contributed by atoms with van der Waals surface area (Å²) in [7, 11) is 0. The van der Waals surface area contributed by atoms with Crippen LogP contribution in [0.1, 0.15) is 66.2 Å². The number of carbonyl (C=O) groups excluding carboxylic acids is 2. The molecule has 6 heteroatoms. The number of carbonyl (C=O) groups is 2. The Labute approximate surface area is 149 Å². The quantitative estimate of drug-likeness (QED) is 0.509. The van der Waals surface area contributed by atoms with Crippen molar-refractivity contribution in [2.24, 2.45) is 11.3 Å². The first-order chi connectivity index (χ1) is 11.6. The Morgan fingerprint density at radius 1 is 1.08 bits per heavy atom. The number of rotatable bonds is 0. The van der Waals surface area contributed by atoms with Gasteiger partial charge in [-0.2, -0.15) is 0 Å². The summed E-state index contributed by atoms with van der Waals surface area (Å²) in [6, 6.07) is 0. The molecule has 0 spiro atoms. The molecule has 2 heterocycles. The van der Waals surface area contributed by atoms with Gasteiger partial charge in [-0.25, -0.2) is 0 Å². The molecule has 2 fully saturated rings. The molecule has 2 aliphatic rings. The van der Waals surface area contributed by atoms with Crippen molar-refractivity contribution in [3.63, 3.8) is 0 Å². The summed E-state index contributed by atoms with van der Waals surface area (Å²) < 4.78 is 10.9. The number of aliphatic hydroxyl groups excluding tert-OH is 2. The lowest BCUT2D eigenvalue weighted by molar-refractivity contribution is -0.151. The number of cyclic esters (lactones) is 1. The Balaban J connectivity index is 2.07. The number of hydrogen-bond donors (Lipinski definition) is 2. The highest BCUT2D eigenvalue weighted by Crippen LogP contribution is 2.43. The molecule has 0 aromatic carbocycles. The van der Waals surface area contributed by atoms with E-state index in [2.05, 4.69) is 6.92 Å². The van der Waals surface area contributed by atoms with Crippen LogP contribution < -0.4 is 0 Å². The first-order valence-electron chi connectivity index (χ1n) is 9.32. The van der Waals surface area contributed by atoms with Gasteiger partial charge in [-0.1, -0.05) is 33.6 Å². The Bertz CT molecular complexity index is 502. The number of ketones is 1. The predicted octanol–water partition coefficient (Wildman–Crippen LogP) is 1.99. The van der Waals surface area contributed by atoms with E-state index in [1.54, 1.807) is 20.8 Å². The Kier molecular flexibility index (Phi) is 6.28. The first-order valence-corrected chi connectivity index (χ1v) is 9.32. The van der Waals surface area contributed by atoms with E-state index >= 15 is 0 Å². The molecule has 2 unspecified atom stereocenters. The van der Waals surface area contributed by atoms with Crippen LogP contribution in [0.3, 0.4) is 0 Å². The van der Waals surface area contributed by atoms with Crippen LogP contribution in [0.25, 0.3) is 0 Å². The molecule has 0 bridgehead atoms. The largest absolute Gasteiger partial charge is 0.465 e. The van der Waals surface area contributed by atoms with Gasteiger partial charge >= 0.3 is 5.97 Å². The molecule has 2 N–H and O–H groups in total. The van der Waals surface area contributed by atoms with Crippen molar-refractivity contribution in [1.29, 1.82) is 0 Å². The Hall–Kier alpha value is -0.980. The molecule has 2 saturated heterocycles. The summed E-state index contributed by atoms with van der Waals surface area (Å²) in [5, 5.41) is 20.7. The average Bonchev–Trinajstić information content (AvgIpc) is 3.19. The molecular formula is C19H32O6. The number of ether oxygens (including phenoxy) is 2. The van der Waals surface area contributed by atoms with Crippen molar-refractivity contribution in [3.05, 3.63) is 0 Å². The van der Waals surface area contributed by atoms with Crippen LogP contribution in [-0.4, -0.2) is 52.5 Å². The molecule has 6 nitrogen and oxygen atoms in total. The van der Waals surface area contributed by atoms with Crippen LogP contribution in [0.5, 0.6) is 0 Å². The number of hydrogen-bond acceptors (Lipinski definition) is 6. The van der Waals surface area contributed by atoms with Crippen LogP contribution in [0.2, 0.25) is 0 Å². The van der Waals surface area contributed by atoms with Crippen molar-refractivity contribution in [3.8, 4) is 0 Å². The highest BCUT2D eigenvalue weighted by Gasteiger charge is 2.51. The molecule has 144 valence electrons. The number of Topliss-reactive ketones (excluding diaryl/α,β-unsaturated/α-hetero) is 1. The SMILES string of the molecule is C[C@H]1C(=O)C(C)(C)[C@@H](O)CC(=O)OCCC2O[C@]2(C)CCCCC1O. The van der Waals surface area contributed by atoms with Gasteiger partial charge in [-0.05, 0) is 19.8 Å². The van der Waals surface area contributed by atoms with E-state index < -0.39 is 29.5 Å². The zero-order valence-electron chi connectivity index (χ0n) is 15.8. The summed E-state index contributed by atoms with van der Waals surface area (Å²) in [6.45, 7) is 7.23. The molecular weight excluding hydrogens is 324 g/mol. The molecule has 0 amide bonds. The standard InChI is InChI=1S/C19H32O6/c1-12-13(20)7-5-6-9-19(4)15(25-19)8-10-24-16(22)11-14(21)18(2,3)17(12)23/h12-15,20-21H,5-11H2,1-4H3/t12-,13?,14+,15?,19-/m1/s1. The second-order valence-electron chi connectivity index (χ2n) is 8.34. The normalized spacial score (nSPS) is 40.9. The van der Waals surface area contributed by atoms with Gasteiger partial charge < -0.3 is 19.7 Å². The number of aliphatic hydroxyl groups is 2. The fourth-order valence-electron chi connectivity index (χ4n) is 3.63. The summed E-state index contributed by atoms with van der Waals surface area (Å²) >= 11 is 0. The predicted molar refractivity (Wildman–Crippen MR) is 91.9 cm³/mol. The van der Waals surface area contributed by atoms with E-state index in [0.717, 1.165) is 19.3 Å². The van der Waals surface area contributed by atoms with Gasteiger partial charge in [0.05, 0.1) is 42.4 Å². The minimum absolute atomic E-state index is 0.0972. The fourth-order valence-corrected chi connectivity index (χ4v) is 3.63. The fraction of sp³-hybridized carbons (Fsp3) is 0.895. The van der Waals surface area contributed by atoms with Crippen molar-refractivity contribution < 1.29 is 29.3 Å². The molecule has 0 saturated carbocycles. The number of esters is 1. The molecule has 0 aliphatic carbocycles. The number of fused-ring (bicyclic) bond motifs is 1. The summed E-state index contributed by atoms with van der Waals surface area (Å²) in [5.41, 5.74) is -1.29. The smallest absolute Gasteiger partial charge is 0.308 e. The van der Waals surface area contributed by atoms with Crippen LogP contribution >= 0.6 is 0 Å². The minimum atomic E-state index is -1.14. The highest BCUT2D eigenvalue weighted by molar-refractivity contribution is 5.87. The summed E-state index contributed by atoms with van der Waals surface area (Å²) in [4.78, 5) is 24.6. The third-order valence-electron chi connectivity index (χ3n) is 5.92. The average molecular weight is 356 g/mol. The second kappa shape index (κ2) is 7.72. The van der Waals surface area contributed by atoms with Crippen molar-refractivity contribution >= 4 is 11.8 Å². The van der Waals surface area contributed by atoms with Crippen LogP contribution in [-0.2, 0) is 19.1 Å². The van der Waals surface area contributed by atoms with E-state index in [0.29, 0.717) is 12.8 Å². The zero-order valence-corrected chi connectivity index (χ0v) is 15.8. The third kappa shape index (κ3) is 4.80. The zero-order chi connectivity index (χ0) is 18.8. The molecule has 0 aromatic heterocycles.